The van der Waals surface area contributed by atoms with Gasteiger partial charge >= 0.3 is 0 Å². The third-order valence-electron chi connectivity index (χ3n) is 3.46. The van der Waals surface area contributed by atoms with Crippen LogP contribution in [0.25, 0.3) is 0 Å². The van der Waals surface area contributed by atoms with Crippen molar-refractivity contribution in [2.24, 2.45) is 0 Å². The number of imidazole rings is 1. The monoisotopic (exact) mass is 291 g/mol. The summed E-state index contributed by atoms with van der Waals surface area (Å²) in [6.45, 7) is 6.22. The normalized spacial score (nSPS) is 12.6. The van der Waals surface area contributed by atoms with E-state index in [0.29, 0.717) is 6.04 Å². The molecule has 0 spiro atoms. The van der Waals surface area contributed by atoms with E-state index in [1.54, 1.807) is 0 Å². The Balaban J connectivity index is 2.05. The van der Waals surface area contributed by atoms with Gasteiger partial charge in [-0.1, -0.05) is 30.7 Å². The molecule has 0 saturated heterocycles. The largest absolute Gasteiger partial charge is 0.335 e. The molecule has 0 saturated carbocycles. The summed E-state index contributed by atoms with van der Waals surface area (Å²) < 4.78 is 2.20. The zero-order valence-electron chi connectivity index (χ0n) is 12.1. The van der Waals surface area contributed by atoms with Crippen molar-refractivity contribution in [1.82, 2.24) is 14.9 Å². The highest BCUT2D eigenvalue weighted by Crippen LogP contribution is 2.13. The minimum Gasteiger partial charge on any atom is -0.335 e. The molecule has 20 heavy (non-hydrogen) atoms. The number of aryl methyl sites for hydroxylation is 1. The van der Waals surface area contributed by atoms with Gasteiger partial charge in [-0.3, -0.25) is 0 Å². The van der Waals surface area contributed by atoms with Gasteiger partial charge in [0.1, 0.15) is 5.82 Å². The number of hydrogen-bond acceptors (Lipinski definition) is 2. The lowest BCUT2D eigenvalue weighted by atomic mass is 10.0. The predicted octanol–water partition coefficient (Wildman–Crippen LogP) is 3.32. The summed E-state index contributed by atoms with van der Waals surface area (Å²) in [7, 11) is 0. The first-order valence-electron chi connectivity index (χ1n) is 7.20. The number of likely N-dealkylation sites (N-methyl/N-ethyl adjacent to an activating group) is 1. The molecule has 2 rings (SSSR count). The summed E-state index contributed by atoms with van der Waals surface area (Å²) in [5, 5.41) is 4.34. The van der Waals surface area contributed by atoms with Crippen molar-refractivity contribution in [1.29, 1.82) is 0 Å². The molecule has 0 radical (unpaired) electrons. The van der Waals surface area contributed by atoms with Crippen molar-refractivity contribution in [3.8, 4) is 0 Å². The van der Waals surface area contributed by atoms with Crippen LogP contribution < -0.4 is 5.32 Å². The van der Waals surface area contributed by atoms with Crippen LogP contribution in [0.2, 0.25) is 5.02 Å². The van der Waals surface area contributed by atoms with Crippen LogP contribution in [0, 0.1) is 0 Å². The van der Waals surface area contributed by atoms with Crippen LogP contribution in [0.4, 0.5) is 0 Å². The Labute approximate surface area is 126 Å². The minimum atomic E-state index is 0.397. The number of aromatic nitrogens is 2. The van der Waals surface area contributed by atoms with Gasteiger partial charge in [0.25, 0.3) is 0 Å². The zero-order valence-corrected chi connectivity index (χ0v) is 12.9. The number of rotatable bonds is 7. The molecular weight excluding hydrogens is 270 g/mol. The molecule has 2 aromatic rings. The van der Waals surface area contributed by atoms with E-state index >= 15 is 0 Å². The molecule has 1 aromatic carbocycles. The lowest BCUT2D eigenvalue weighted by Gasteiger charge is -2.18. The maximum atomic E-state index is 5.94. The van der Waals surface area contributed by atoms with Crippen molar-refractivity contribution in [3.63, 3.8) is 0 Å². The molecule has 1 heterocycles. The molecule has 1 atom stereocenters. The third-order valence-corrected chi connectivity index (χ3v) is 3.71. The second-order valence-electron chi connectivity index (χ2n) is 4.92. The standard InChI is InChI=1S/C16H22ClN3/c1-3-18-15(11-13-5-7-14(17)8-6-13)12-16-19-9-10-20(16)4-2/h5-10,15,18H,3-4,11-12H2,1-2H3. The summed E-state index contributed by atoms with van der Waals surface area (Å²) in [5.74, 6) is 1.15. The molecule has 0 aliphatic rings. The average Bonchev–Trinajstić information content (AvgIpc) is 2.89. The first kappa shape index (κ1) is 15.1. The lowest BCUT2D eigenvalue weighted by molar-refractivity contribution is 0.499. The molecule has 1 unspecified atom stereocenters. The summed E-state index contributed by atoms with van der Waals surface area (Å²) >= 11 is 5.94. The van der Waals surface area contributed by atoms with Crippen molar-refractivity contribution in [3.05, 3.63) is 53.1 Å². The number of benzene rings is 1. The molecule has 0 aliphatic heterocycles. The van der Waals surface area contributed by atoms with Crippen LogP contribution in [0.3, 0.4) is 0 Å². The predicted molar refractivity (Wildman–Crippen MR) is 84.2 cm³/mol. The van der Waals surface area contributed by atoms with E-state index in [1.807, 2.05) is 24.5 Å². The molecule has 108 valence electrons. The van der Waals surface area contributed by atoms with Crippen molar-refractivity contribution >= 4 is 11.6 Å². The second kappa shape index (κ2) is 7.46. The van der Waals surface area contributed by atoms with Gasteiger partial charge in [-0.05, 0) is 37.6 Å². The molecule has 0 bridgehead atoms. The minimum absolute atomic E-state index is 0.397. The number of nitrogens with one attached hydrogen (secondary N) is 1. The molecule has 0 amide bonds. The summed E-state index contributed by atoms with van der Waals surface area (Å²) in [4.78, 5) is 4.47. The van der Waals surface area contributed by atoms with Gasteiger partial charge in [-0.2, -0.15) is 0 Å². The fourth-order valence-corrected chi connectivity index (χ4v) is 2.57. The van der Waals surface area contributed by atoms with Crippen molar-refractivity contribution in [2.45, 2.75) is 39.3 Å². The second-order valence-corrected chi connectivity index (χ2v) is 5.36. The van der Waals surface area contributed by atoms with Crippen molar-refractivity contribution in [2.75, 3.05) is 6.54 Å². The Morgan fingerprint density at radius 2 is 1.95 bits per heavy atom. The third kappa shape index (κ3) is 4.09. The van der Waals surface area contributed by atoms with Gasteiger partial charge in [0.15, 0.2) is 0 Å². The van der Waals surface area contributed by atoms with E-state index in [2.05, 4.69) is 40.8 Å². The molecule has 3 nitrogen and oxygen atoms in total. The van der Waals surface area contributed by atoms with E-state index in [-0.39, 0.29) is 0 Å². The van der Waals surface area contributed by atoms with E-state index in [1.165, 1.54) is 5.56 Å². The fourth-order valence-electron chi connectivity index (χ4n) is 2.45. The summed E-state index contributed by atoms with van der Waals surface area (Å²) in [6.07, 6.45) is 5.85. The van der Waals surface area contributed by atoms with Crippen LogP contribution in [-0.4, -0.2) is 22.1 Å². The van der Waals surface area contributed by atoms with Gasteiger partial charge < -0.3 is 9.88 Å². The smallest absolute Gasteiger partial charge is 0.110 e. The Morgan fingerprint density at radius 3 is 2.60 bits per heavy atom. The SMILES string of the molecule is CCNC(Cc1ccc(Cl)cc1)Cc1nccn1CC. The Hall–Kier alpha value is -1.32. The topological polar surface area (TPSA) is 29.9 Å². The highest BCUT2D eigenvalue weighted by molar-refractivity contribution is 6.30. The van der Waals surface area contributed by atoms with Gasteiger partial charge in [0.2, 0.25) is 0 Å². The Morgan fingerprint density at radius 1 is 1.20 bits per heavy atom. The van der Waals surface area contributed by atoms with Crippen LogP contribution in [-0.2, 0) is 19.4 Å². The molecular formula is C16H22ClN3. The lowest BCUT2D eigenvalue weighted by Crippen LogP contribution is -2.34. The highest BCUT2D eigenvalue weighted by Gasteiger charge is 2.12. The van der Waals surface area contributed by atoms with E-state index in [9.17, 15) is 0 Å². The number of nitrogens with zero attached hydrogens (tertiary/aromatic N) is 2. The first-order chi connectivity index (χ1) is 9.72. The molecule has 1 N–H and O–H groups in total. The maximum absolute atomic E-state index is 5.94. The van der Waals surface area contributed by atoms with Gasteiger partial charge in [0, 0.05) is 36.4 Å². The summed E-state index contributed by atoms with van der Waals surface area (Å²) in [5.41, 5.74) is 1.30. The number of halogens is 1. The van der Waals surface area contributed by atoms with Crippen molar-refractivity contribution < 1.29 is 0 Å². The fraction of sp³-hybridized carbons (Fsp3) is 0.438. The van der Waals surface area contributed by atoms with E-state index in [0.717, 1.165) is 36.8 Å². The van der Waals surface area contributed by atoms with Gasteiger partial charge in [0.05, 0.1) is 0 Å². The quantitative estimate of drug-likeness (QED) is 0.848. The Bertz CT molecular complexity index is 519. The molecule has 0 aliphatic carbocycles. The summed E-state index contributed by atoms with van der Waals surface area (Å²) in [6, 6.07) is 8.49. The molecule has 1 aromatic heterocycles. The average molecular weight is 292 g/mol. The van der Waals surface area contributed by atoms with Gasteiger partial charge in [-0.25, -0.2) is 4.98 Å². The Kier molecular flexibility index (Phi) is 5.62. The van der Waals surface area contributed by atoms with E-state index in [4.69, 9.17) is 11.6 Å². The first-order valence-corrected chi connectivity index (χ1v) is 7.58. The van der Waals surface area contributed by atoms with Crippen LogP contribution in [0.5, 0.6) is 0 Å². The van der Waals surface area contributed by atoms with Gasteiger partial charge in [-0.15, -0.1) is 0 Å². The zero-order chi connectivity index (χ0) is 14.4. The molecule has 0 fully saturated rings. The van der Waals surface area contributed by atoms with Crippen LogP contribution >= 0.6 is 11.6 Å². The van der Waals surface area contributed by atoms with E-state index < -0.39 is 0 Å². The molecule has 4 heteroatoms. The maximum Gasteiger partial charge on any atom is 0.110 e. The van der Waals surface area contributed by atoms with Crippen LogP contribution in [0.1, 0.15) is 25.2 Å². The van der Waals surface area contributed by atoms with Crippen LogP contribution in [0.15, 0.2) is 36.7 Å². The highest BCUT2D eigenvalue weighted by atomic mass is 35.5. The number of hydrogen-bond donors (Lipinski definition) is 1.